The van der Waals surface area contributed by atoms with Gasteiger partial charge in [-0.05, 0) is 77.4 Å². The third kappa shape index (κ3) is 6.41. The van der Waals surface area contributed by atoms with Crippen LogP contribution in [-0.2, 0) is 6.42 Å². The highest BCUT2D eigenvalue weighted by atomic mass is 127. The van der Waals surface area contributed by atoms with Gasteiger partial charge in [0.2, 0.25) is 0 Å². The van der Waals surface area contributed by atoms with E-state index in [1.807, 2.05) is 30.0 Å². The highest BCUT2D eigenvalue weighted by Crippen LogP contribution is 2.31. The summed E-state index contributed by atoms with van der Waals surface area (Å²) >= 11 is 5.73. The van der Waals surface area contributed by atoms with Gasteiger partial charge in [-0.1, -0.05) is 15.9 Å². The number of aryl methyl sites for hydroxylation is 1. The van der Waals surface area contributed by atoms with Crippen molar-refractivity contribution in [1.82, 2.24) is 4.90 Å². The lowest BCUT2D eigenvalue weighted by Gasteiger charge is -2.22. The molecule has 1 amide bonds. The Morgan fingerprint density at radius 1 is 1.18 bits per heavy atom. The Hall–Kier alpha value is -1.20. The Labute approximate surface area is 187 Å². The molecule has 0 fully saturated rings. The van der Waals surface area contributed by atoms with Gasteiger partial charge in [0, 0.05) is 33.4 Å². The number of carbonyl (C=O) groups is 1. The zero-order valence-electron chi connectivity index (χ0n) is 15.7. The predicted molar refractivity (Wildman–Crippen MR) is 124 cm³/mol. The van der Waals surface area contributed by atoms with Crippen LogP contribution in [0.3, 0.4) is 0 Å². The number of aliphatic hydroxyl groups is 2. The maximum Gasteiger partial charge on any atom is 0.250 e. The van der Waals surface area contributed by atoms with Crippen LogP contribution >= 0.6 is 38.5 Å². The number of amides is 1. The molecule has 2 aromatic rings. The lowest BCUT2D eigenvalue weighted by atomic mass is 10.0. The number of carbonyl (C=O) groups excluding carboxylic acids is 1. The third-order valence-electron chi connectivity index (χ3n) is 4.43. The number of benzene rings is 2. The van der Waals surface area contributed by atoms with Crippen LogP contribution in [0.5, 0.6) is 0 Å². The average Bonchev–Trinajstić information content (AvgIpc) is 2.63. The van der Waals surface area contributed by atoms with Crippen molar-refractivity contribution in [2.75, 3.05) is 38.2 Å². The monoisotopic (exact) mass is 561 g/mol. The topological polar surface area (TPSA) is 98.8 Å². The summed E-state index contributed by atoms with van der Waals surface area (Å²) in [5, 5.41) is 21.8. The van der Waals surface area contributed by atoms with Crippen molar-refractivity contribution in [3.8, 4) is 0 Å². The second kappa shape index (κ2) is 11.1. The maximum atomic E-state index is 12.1. The van der Waals surface area contributed by atoms with Crippen LogP contribution in [0.15, 0.2) is 34.8 Å². The molecule has 2 rings (SSSR count). The fraction of sp³-hybridized carbons (Fsp3) is 0.350. The number of primary amides is 1. The molecule has 0 aromatic heterocycles. The largest absolute Gasteiger partial charge is 0.395 e. The first kappa shape index (κ1) is 23.1. The average molecular weight is 562 g/mol. The van der Waals surface area contributed by atoms with Crippen LogP contribution in [0.25, 0.3) is 0 Å². The molecular weight excluding hydrogens is 537 g/mol. The number of nitrogens with two attached hydrogens (primary N) is 1. The zero-order valence-corrected chi connectivity index (χ0v) is 19.5. The van der Waals surface area contributed by atoms with Crippen molar-refractivity contribution in [3.63, 3.8) is 0 Å². The molecule has 2 aromatic carbocycles. The first-order chi connectivity index (χ1) is 13.3. The molecule has 0 aliphatic carbocycles. The fourth-order valence-corrected chi connectivity index (χ4v) is 4.15. The molecule has 0 saturated heterocycles. The van der Waals surface area contributed by atoms with E-state index < -0.39 is 5.91 Å². The summed E-state index contributed by atoms with van der Waals surface area (Å²) in [4.78, 5) is 14.1. The minimum Gasteiger partial charge on any atom is -0.395 e. The van der Waals surface area contributed by atoms with Crippen LogP contribution in [-0.4, -0.2) is 53.9 Å². The van der Waals surface area contributed by atoms with Gasteiger partial charge in [0.15, 0.2) is 0 Å². The summed E-state index contributed by atoms with van der Waals surface area (Å²) in [6.45, 7) is 3.66. The predicted octanol–water partition coefficient (Wildman–Crippen LogP) is 3.03. The molecule has 0 bridgehead atoms. The second-order valence-corrected chi connectivity index (χ2v) is 8.64. The van der Waals surface area contributed by atoms with Gasteiger partial charge < -0.3 is 21.3 Å². The maximum absolute atomic E-state index is 12.1. The van der Waals surface area contributed by atoms with Gasteiger partial charge in [-0.15, -0.1) is 0 Å². The number of rotatable bonds is 10. The normalized spacial score (nSPS) is 11.1. The van der Waals surface area contributed by atoms with E-state index in [0.717, 1.165) is 24.9 Å². The smallest absolute Gasteiger partial charge is 0.250 e. The minimum absolute atomic E-state index is 0.0258. The fourth-order valence-electron chi connectivity index (χ4n) is 3.00. The highest BCUT2D eigenvalue weighted by molar-refractivity contribution is 14.1. The second-order valence-electron chi connectivity index (χ2n) is 6.47. The molecule has 8 heteroatoms. The Morgan fingerprint density at radius 3 is 2.43 bits per heavy atom. The van der Waals surface area contributed by atoms with E-state index >= 15 is 0 Å². The molecular formula is C20H25BrIN3O3. The summed E-state index contributed by atoms with van der Waals surface area (Å²) in [6.07, 6.45) is 0.630. The summed E-state index contributed by atoms with van der Waals surface area (Å²) in [5.41, 5.74) is 9.66. The van der Waals surface area contributed by atoms with Gasteiger partial charge in [-0.2, -0.15) is 0 Å². The number of anilines is 2. The lowest BCUT2D eigenvalue weighted by Crippen LogP contribution is -2.32. The van der Waals surface area contributed by atoms with E-state index in [0.29, 0.717) is 37.3 Å². The molecule has 5 N–H and O–H groups in total. The van der Waals surface area contributed by atoms with Crippen LogP contribution in [0.2, 0.25) is 0 Å². The molecule has 0 aliphatic rings. The number of nitrogens with zero attached hydrogens (tertiary/aromatic N) is 1. The van der Waals surface area contributed by atoms with Gasteiger partial charge in [-0.3, -0.25) is 9.69 Å². The Kier molecular flexibility index (Phi) is 9.16. The van der Waals surface area contributed by atoms with Crippen LogP contribution in [0, 0.1) is 10.5 Å². The molecule has 0 heterocycles. The SMILES string of the molecule is Cc1cc(I)ccc1Nc1c(CCN(CCO)CCO)cc(Br)cc1C(N)=O. The van der Waals surface area contributed by atoms with Crippen molar-refractivity contribution in [2.24, 2.45) is 5.73 Å². The van der Waals surface area contributed by atoms with Crippen molar-refractivity contribution < 1.29 is 15.0 Å². The minimum atomic E-state index is -0.504. The quantitative estimate of drug-likeness (QED) is 0.334. The Morgan fingerprint density at radius 2 is 1.86 bits per heavy atom. The van der Waals surface area contributed by atoms with Crippen LogP contribution in [0.4, 0.5) is 11.4 Å². The van der Waals surface area contributed by atoms with Crippen molar-refractivity contribution in [1.29, 1.82) is 0 Å². The molecule has 6 nitrogen and oxygen atoms in total. The molecule has 0 saturated carbocycles. The Balaban J connectivity index is 2.39. The van der Waals surface area contributed by atoms with Crippen molar-refractivity contribution in [2.45, 2.75) is 13.3 Å². The molecule has 0 atom stereocenters. The standard InChI is InChI=1S/C20H25BrIN3O3/c1-13-10-16(22)2-3-18(13)24-19-14(4-5-25(6-8-26)7-9-27)11-15(21)12-17(19)20(23)28/h2-3,10-12,24,26-27H,4-9H2,1H3,(H2,23,28). The molecule has 0 unspecified atom stereocenters. The van der Waals surface area contributed by atoms with Crippen molar-refractivity contribution >= 4 is 55.8 Å². The highest BCUT2D eigenvalue weighted by Gasteiger charge is 2.16. The van der Waals surface area contributed by atoms with Gasteiger partial charge in [0.1, 0.15) is 0 Å². The van der Waals surface area contributed by atoms with Crippen LogP contribution < -0.4 is 11.1 Å². The first-order valence-electron chi connectivity index (χ1n) is 8.95. The first-order valence-corrected chi connectivity index (χ1v) is 10.8. The zero-order chi connectivity index (χ0) is 20.7. The van der Waals surface area contributed by atoms with E-state index in [1.54, 1.807) is 6.07 Å². The van der Waals surface area contributed by atoms with E-state index in [1.165, 1.54) is 0 Å². The summed E-state index contributed by atoms with van der Waals surface area (Å²) in [7, 11) is 0. The van der Waals surface area contributed by atoms with Gasteiger partial charge >= 0.3 is 0 Å². The lowest BCUT2D eigenvalue weighted by molar-refractivity contribution is 0.100. The number of nitrogens with one attached hydrogen (secondary N) is 1. The van der Waals surface area contributed by atoms with Crippen molar-refractivity contribution in [3.05, 3.63) is 55.1 Å². The van der Waals surface area contributed by atoms with E-state index in [4.69, 9.17) is 5.73 Å². The Bertz CT molecular complexity index is 827. The third-order valence-corrected chi connectivity index (χ3v) is 5.56. The van der Waals surface area contributed by atoms with Crippen LogP contribution in [0.1, 0.15) is 21.5 Å². The van der Waals surface area contributed by atoms with Gasteiger partial charge in [0.05, 0.1) is 24.5 Å². The van der Waals surface area contributed by atoms with E-state index in [9.17, 15) is 15.0 Å². The van der Waals surface area contributed by atoms with Gasteiger partial charge in [0.25, 0.3) is 5.91 Å². The molecule has 0 spiro atoms. The summed E-state index contributed by atoms with van der Waals surface area (Å²) < 4.78 is 1.91. The number of hydrogen-bond acceptors (Lipinski definition) is 5. The molecule has 0 radical (unpaired) electrons. The van der Waals surface area contributed by atoms with E-state index in [-0.39, 0.29) is 13.2 Å². The molecule has 28 heavy (non-hydrogen) atoms. The molecule has 0 aliphatic heterocycles. The summed E-state index contributed by atoms with van der Waals surface area (Å²) in [5.74, 6) is -0.504. The number of hydrogen-bond donors (Lipinski definition) is 4. The number of halogens is 2. The number of aliphatic hydroxyl groups excluding tert-OH is 2. The van der Waals surface area contributed by atoms with Gasteiger partial charge in [-0.25, -0.2) is 0 Å². The van der Waals surface area contributed by atoms with E-state index in [2.05, 4.69) is 49.9 Å². The summed E-state index contributed by atoms with van der Waals surface area (Å²) in [6, 6.07) is 9.73. The molecule has 152 valence electrons.